The second-order valence-electron chi connectivity index (χ2n) is 5.74. The standard InChI is InChI=1S/C15H17IN2O2/c1-9-5-6-10(7-11(9)16)17-14(19)12-8-13(20-18-12)15(2,3)4/h5-8H,1-4H3,(H,17,19). The van der Waals surface area contributed by atoms with E-state index in [1.807, 2.05) is 45.9 Å². The Balaban J connectivity index is 2.16. The number of carbonyl (C=O) groups is 1. The average Bonchev–Trinajstić information content (AvgIpc) is 2.83. The zero-order valence-corrected chi connectivity index (χ0v) is 14.1. The van der Waals surface area contributed by atoms with E-state index in [0.29, 0.717) is 11.5 Å². The summed E-state index contributed by atoms with van der Waals surface area (Å²) in [7, 11) is 0. The van der Waals surface area contributed by atoms with Gasteiger partial charge in [0, 0.05) is 20.7 Å². The van der Waals surface area contributed by atoms with E-state index in [2.05, 4.69) is 33.1 Å². The van der Waals surface area contributed by atoms with Crippen molar-refractivity contribution in [1.82, 2.24) is 5.16 Å². The molecule has 0 saturated heterocycles. The Morgan fingerprint density at radius 2 is 2.00 bits per heavy atom. The first-order valence-electron chi connectivity index (χ1n) is 6.32. The van der Waals surface area contributed by atoms with Crippen LogP contribution >= 0.6 is 22.6 Å². The van der Waals surface area contributed by atoms with Crippen LogP contribution in [0.15, 0.2) is 28.8 Å². The molecule has 1 aromatic carbocycles. The van der Waals surface area contributed by atoms with Crippen molar-refractivity contribution in [2.45, 2.75) is 33.1 Å². The van der Waals surface area contributed by atoms with Gasteiger partial charge in [-0.1, -0.05) is 32.0 Å². The van der Waals surface area contributed by atoms with Crippen molar-refractivity contribution in [3.8, 4) is 0 Å². The third-order valence-electron chi connectivity index (χ3n) is 2.91. The predicted octanol–water partition coefficient (Wildman–Crippen LogP) is 4.14. The van der Waals surface area contributed by atoms with Crippen molar-refractivity contribution in [1.29, 1.82) is 0 Å². The van der Waals surface area contributed by atoms with E-state index < -0.39 is 0 Å². The molecule has 1 N–H and O–H groups in total. The molecule has 1 aromatic heterocycles. The number of aromatic nitrogens is 1. The minimum Gasteiger partial charge on any atom is -0.360 e. The first-order chi connectivity index (χ1) is 9.27. The third-order valence-corrected chi connectivity index (χ3v) is 4.07. The normalized spacial score (nSPS) is 11.4. The second kappa shape index (κ2) is 5.55. The van der Waals surface area contributed by atoms with Crippen molar-refractivity contribution < 1.29 is 9.32 Å². The van der Waals surface area contributed by atoms with Gasteiger partial charge in [-0.25, -0.2) is 0 Å². The van der Waals surface area contributed by atoms with Crippen LogP contribution < -0.4 is 5.32 Å². The smallest absolute Gasteiger partial charge is 0.277 e. The zero-order valence-electron chi connectivity index (χ0n) is 12.0. The van der Waals surface area contributed by atoms with Gasteiger partial charge in [-0.05, 0) is 47.2 Å². The Hall–Kier alpha value is -1.37. The van der Waals surface area contributed by atoms with Crippen molar-refractivity contribution in [3.63, 3.8) is 0 Å². The first-order valence-corrected chi connectivity index (χ1v) is 7.40. The molecule has 0 unspecified atom stereocenters. The van der Waals surface area contributed by atoms with Crippen LogP contribution in [0.3, 0.4) is 0 Å². The Labute approximate surface area is 132 Å². The first kappa shape index (κ1) is 15.0. The molecule has 20 heavy (non-hydrogen) atoms. The largest absolute Gasteiger partial charge is 0.360 e. The van der Waals surface area contributed by atoms with E-state index in [1.54, 1.807) is 6.07 Å². The highest BCUT2D eigenvalue weighted by molar-refractivity contribution is 14.1. The van der Waals surface area contributed by atoms with Crippen LogP contribution in [-0.2, 0) is 5.41 Å². The number of anilines is 1. The number of rotatable bonds is 2. The Morgan fingerprint density at radius 1 is 1.30 bits per heavy atom. The topological polar surface area (TPSA) is 55.1 Å². The molecule has 0 fully saturated rings. The van der Waals surface area contributed by atoms with Gasteiger partial charge >= 0.3 is 0 Å². The molecule has 0 aliphatic carbocycles. The molecule has 0 bridgehead atoms. The van der Waals surface area contributed by atoms with E-state index in [9.17, 15) is 4.79 Å². The van der Waals surface area contributed by atoms with Crippen molar-refractivity contribution in [3.05, 3.63) is 44.9 Å². The van der Waals surface area contributed by atoms with Crippen LogP contribution in [0.4, 0.5) is 5.69 Å². The van der Waals surface area contributed by atoms with Crippen LogP contribution in [0.2, 0.25) is 0 Å². The van der Waals surface area contributed by atoms with Gasteiger partial charge in [0.15, 0.2) is 5.69 Å². The fraction of sp³-hybridized carbons (Fsp3) is 0.333. The van der Waals surface area contributed by atoms with Gasteiger partial charge in [0.25, 0.3) is 5.91 Å². The summed E-state index contributed by atoms with van der Waals surface area (Å²) in [4.78, 5) is 12.1. The summed E-state index contributed by atoms with van der Waals surface area (Å²) in [5.41, 5.74) is 2.07. The van der Waals surface area contributed by atoms with Crippen LogP contribution in [0.25, 0.3) is 0 Å². The number of hydrogen-bond acceptors (Lipinski definition) is 3. The summed E-state index contributed by atoms with van der Waals surface area (Å²) in [5, 5.41) is 6.65. The number of benzene rings is 1. The number of hydrogen-bond donors (Lipinski definition) is 1. The van der Waals surface area contributed by atoms with Crippen LogP contribution in [-0.4, -0.2) is 11.1 Å². The summed E-state index contributed by atoms with van der Waals surface area (Å²) in [6.07, 6.45) is 0. The minimum absolute atomic E-state index is 0.162. The molecule has 0 spiro atoms. The molecule has 1 heterocycles. The highest BCUT2D eigenvalue weighted by Crippen LogP contribution is 2.23. The van der Waals surface area contributed by atoms with E-state index in [0.717, 1.165) is 9.26 Å². The molecule has 0 aliphatic heterocycles. The van der Waals surface area contributed by atoms with Gasteiger partial charge in [-0.2, -0.15) is 0 Å². The number of carbonyl (C=O) groups excluding carboxylic acids is 1. The third kappa shape index (κ3) is 3.39. The van der Waals surface area contributed by atoms with Crippen molar-refractivity contribution >= 4 is 34.2 Å². The number of nitrogens with one attached hydrogen (secondary N) is 1. The van der Waals surface area contributed by atoms with E-state index in [1.165, 1.54) is 5.56 Å². The summed E-state index contributed by atoms with van der Waals surface area (Å²) in [5.74, 6) is 0.435. The number of amides is 1. The molecular formula is C15H17IN2O2. The monoisotopic (exact) mass is 384 g/mol. The summed E-state index contributed by atoms with van der Waals surface area (Å²) in [6.45, 7) is 8.06. The highest BCUT2D eigenvalue weighted by atomic mass is 127. The molecule has 0 saturated carbocycles. The number of halogens is 1. The molecule has 5 heteroatoms. The zero-order chi connectivity index (χ0) is 14.9. The van der Waals surface area contributed by atoms with Gasteiger partial charge in [-0.3, -0.25) is 4.79 Å². The lowest BCUT2D eigenvalue weighted by molar-refractivity contribution is 0.101. The molecule has 1 amide bonds. The number of nitrogens with zero attached hydrogens (tertiary/aromatic N) is 1. The minimum atomic E-state index is -0.260. The fourth-order valence-electron chi connectivity index (χ4n) is 1.60. The van der Waals surface area contributed by atoms with Crippen LogP contribution in [0, 0.1) is 10.5 Å². The highest BCUT2D eigenvalue weighted by Gasteiger charge is 2.22. The van der Waals surface area contributed by atoms with E-state index in [4.69, 9.17) is 4.52 Å². The average molecular weight is 384 g/mol. The van der Waals surface area contributed by atoms with Gasteiger partial charge < -0.3 is 9.84 Å². The molecular weight excluding hydrogens is 367 g/mol. The maximum absolute atomic E-state index is 12.1. The molecule has 0 aliphatic rings. The quantitative estimate of drug-likeness (QED) is 0.792. The SMILES string of the molecule is Cc1ccc(NC(=O)c2cc(C(C)(C)C)on2)cc1I. The van der Waals surface area contributed by atoms with Crippen molar-refractivity contribution in [2.24, 2.45) is 0 Å². The van der Waals surface area contributed by atoms with Gasteiger partial charge in [0.1, 0.15) is 5.76 Å². The van der Waals surface area contributed by atoms with Gasteiger partial charge in [0.05, 0.1) is 0 Å². The lowest BCUT2D eigenvalue weighted by Gasteiger charge is -2.12. The Kier molecular flexibility index (Phi) is 4.17. The molecule has 0 atom stereocenters. The lowest BCUT2D eigenvalue weighted by Crippen LogP contribution is -2.13. The lowest BCUT2D eigenvalue weighted by atomic mass is 9.93. The van der Waals surface area contributed by atoms with Gasteiger partial charge in [-0.15, -0.1) is 0 Å². The molecule has 4 nitrogen and oxygen atoms in total. The van der Waals surface area contributed by atoms with E-state index in [-0.39, 0.29) is 11.3 Å². The van der Waals surface area contributed by atoms with Gasteiger partial charge in [0.2, 0.25) is 0 Å². The number of aryl methyl sites for hydroxylation is 1. The molecule has 2 aromatic rings. The fourth-order valence-corrected chi connectivity index (χ4v) is 2.12. The summed E-state index contributed by atoms with van der Waals surface area (Å²) in [6, 6.07) is 7.47. The molecule has 0 radical (unpaired) electrons. The molecule has 2 rings (SSSR count). The predicted molar refractivity (Wildman–Crippen MR) is 87.1 cm³/mol. The molecule has 106 valence electrons. The van der Waals surface area contributed by atoms with Crippen LogP contribution in [0.5, 0.6) is 0 Å². The maximum atomic E-state index is 12.1. The van der Waals surface area contributed by atoms with Crippen molar-refractivity contribution in [2.75, 3.05) is 5.32 Å². The Morgan fingerprint density at radius 3 is 2.55 bits per heavy atom. The van der Waals surface area contributed by atoms with Crippen LogP contribution in [0.1, 0.15) is 42.6 Å². The van der Waals surface area contributed by atoms with E-state index >= 15 is 0 Å². The second-order valence-corrected chi connectivity index (χ2v) is 6.91. The Bertz CT molecular complexity index is 642. The maximum Gasteiger partial charge on any atom is 0.277 e. The summed E-state index contributed by atoms with van der Waals surface area (Å²) >= 11 is 2.24. The summed E-state index contributed by atoms with van der Waals surface area (Å²) < 4.78 is 6.33.